The molecule has 0 saturated heterocycles. The van der Waals surface area contributed by atoms with Gasteiger partial charge in [-0.15, -0.1) is 11.3 Å². The van der Waals surface area contributed by atoms with Gasteiger partial charge in [0.1, 0.15) is 18.5 Å². The fourth-order valence-corrected chi connectivity index (χ4v) is 8.19. The number of rotatable bonds is 2. The molecule has 0 spiro atoms. The van der Waals surface area contributed by atoms with Crippen LogP contribution in [0, 0.1) is 0 Å². The molecule has 0 atom stereocenters. The zero-order valence-electron chi connectivity index (χ0n) is 23.5. The van der Waals surface area contributed by atoms with E-state index in [1.165, 1.54) is 20.2 Å². The molecule has 0 bridgehead atoms. The molecule has 7 heterocycles. The number of thiophene rings is 1. The van der Waals surface area contributed by atoms with Gasteiger partial charge in [-0.1, -0.05) is 36.4 Å². The summed E-state index contributed by atoms with van der Waals surface area (Å²) in [5.41, 5.74) is 8.35. The number of nitrogens with zero attached hydrogens (tertiary/aromatic N) is 5. The third-order valence-electron chi connectivity index (χ3n) is 9.00. The van der Waals surface area contributed by atoms with E-state index in [-0.39, 0.29) is 0 Å². The van der Waals surface area contributed by atoms with E-state index in [4.69, 9.17) is 8.83 Å². The van der Waals surface area contributed by atoms with E-state index in [0.717, 1.165) is 72.3 Å². The Bertz CT molecular complexity index is 2900. The summed E-state index contributed by atoms with van der Waals surface area (Å²) in [6.45, 7) is 0.542. The van der Waals surface area contributed by atoms with Gasteiger partial charge < -0.3 is 14.2 Å². The van der Waals surface area contributed by atoms with Crippen molar-refractivity contribution < 1.29 is 8.83 Å². The molecule has 45 heavy (non-hydrogen) atoms. The van der Waals surface area contributed by atoms with Gasteiger partial charge in [0, 0.05) is 42.3 Å². The first-order valence-electron chi connectivity index (χ1n) is 14.7. The molecule has 8 nitrogen and oxygen atoms in total. The molecule has 212 valence electrons. The third kappa shape index (κ3) is 3.02. The summed E-state index contributed by atoms with van der Waals surface area (Å²) in [6.07, 6.45) is 5.13. The summed E-state index contributed by atoms with van der Waals surface area (Å²) < 4.78 is 19.7. The Balaban J connectivity index is 1.18. The maximum absolute atomic E-state index is 6.45. The van der Waals surface area contributed by atoms with Crippen molar-refractivity contribution >= 4 is 98.5 Å². The topological polar surface area (TPSA) is 86.3 Å². The second-order valence-corrected chi connectivity index (χ2v) is 12.4. The summed E-state index contributed by atoms with van der Waals surface area (Å²) in [4.78, 5) is 13.1. The molecule has 10 aromatic rings. The predicted octanol–water partition coefficient (Wildman–Crippen LogP) is 9.18. The molecule has 0 unspecified atom stereocenters. The molecule has 11 rings (SSSR count). The van der Waals surface area contributed by atoms with E-state index >= 15 is 0 Å². The Labute approximate surface area is 257 Å². The van der Waals surface area contributed by atoms with Crippen molar-refractivity contribution in [2.45, 2.75) is 0 Å². The predicted molar refractivity (Wildman–Crippen MR) is 182 cm³/mol. The number of furan rings is 2. The maximum Gasteiger partial charge on any atom is 0.215 e. The molecule has 0 aliphatic carbocycles. The Morgan fingerprint density at radius 3 is 2.11 bits per heavy atom. The SMILES string of the molecule is C1=NCNc2c1oc1c2c2ccccc2n1-c1ccc2sc3ccc(-n4c5ccccc5c5c6ncncc6oc54)cc3c2c1. The van der Waals surface area contributed by atoms with Crippen molar-refractivity contribution in [1.82, 2.24) is 19.1 Å². The molecular formula is C36H20N6O2S. The lowest BCUT2D eigenvalue weighted by atomic mass is 10.1. The fourth-order valence-electron chi connectivity index (χ4n) is 7.12. The summed E-state index contributed by atoms with van der Waals surface area (Å²) in [6, 6.07) is 30.2. The highest BCUT2D eigenvalue weighted by Gasteiger charge is 2.24. The van der Waals surface area contributed by atoms with Gasteiger partial charge >= 0.3 is 0 Å². The van der Waals surface area contributed by atoms with Crippen LogP contribution in [0.25, 0.3) is 86.7 Å². The molecular weight excluding hydrogens is 581 g/mol. The van der Waals surface area contributed by atoms with Gasteiger partial charge in [-0.3, -0.25) is 14.1 Å². The van der Waals surface area contributed by atoms with E-state index in [0.29, 0.717) is 12.3 Å². The summed E-state index contributed by atoms with van der Waals surface area (Å²) in [7, 11) is 0. The van der Waals surface area contributed by atoms with Crippen molar-refractivity contribution in [3.8, 4) is 11.4 Å². The molecule has 4 aromatic carbocycles. The number of aliphatic imine (C=N–C) groups is 1. The molecule has 1 aliphatic rings. The van der Waals surface area contributed by atoms with E-state index in [2.05, 4.69) is 114 Å². The van der Waals surface area contributed by atoms with Gasteiger partial charge in [-0.05, 0) is 48.5 Å². The van der Waals surface area contributed by atoms with E-state index < -0.39 is 0 Å². The second kappa shape index (κ2) is 8.37. The number of benzene rings is 4. The standard InChI is InChI=1S/C36H20N6O2S/c1-3-7-25-21(5-1)31-33-27(15-37-17-39-33)43-35(31)41(25)19-9-11-29-23(13-19)24-14-20(10-12-30(24)45-29)42-26-8-4-2-6-22(26)32-34-28(44-36(32)42)16-38-18-40-34/h1-17,40H,18H2. The van der Waals surface area contributed by atoms with Gasteiger partial charge in [-0.2, -0.15) is 0 Å². The van der Waals surface area contributed by atoms with Crippen LogP contribution in [0.5, 0.6) is 0 Å². The summed E-state index contributed by atoms with van der Waals surface area (Å²) in [5, 5.41) is 10.2. The van der Waals surface area contributed by atoms with Crippen LogP contribution in [-0.4, -0.2) is 32.0 Å². The Morgan fingerprint density at radius 2 is 1.38 bits per heavy atom. The normalized spacial score (nSPS) is 13.3. The van der Waals surface area contributed by atoms with Gasteiger partial charge in [0.2, 0.25) is 11.4 Å². The Kier molecular flexibility index (Phi) is 4.37. The van der Waals surface area contributed by atoms with Crippen molar-refractivity contribution in [2.24, 2.45) is 4.99 Å². The van der Waals surface area contributed by atoms with Crippen LogP contribution in [-0.2, 0) is 0 Å². The number of anilines is 1. The number of nitrogens with one attached hydrogen (secondary N) is 1. The van der Waals surface area contributed by atoms with Gasteiger partial charge in [-0.25, -0.2) is 9.97 Å². The minimum absolute atomic E-state index is 0.542. The minimum Gasteiger partial charge on any atom is -0.436 e. The number of hydrogen-bond donors (Lipinski definition) is 1. The Morgan fingerprint density at radius 1 is 0.711 bits per heavy atom. The van der Waals surface area contributed by atoms with Crippen LogP contribution >= 0.6 is 11.3 Å². The van der Waals surface area contributed by atoms with Crippen LogP contribution in [0.4, 0.5) is 5.69 Å². The van der Waals surface area contributed by atoms with Gasteiger partial charge in [0.05, 0.1) is 39.9 Å². The average Bonchev–Trinajstić information content (AvgIpc) is 3.87. The summed E-state index contributed by atoms with van der Waals surface area (Å²) >= 11 is 1.80. The number of hydrogen-bond acceptors (Lipinski definition) is 7. The quantitative estimate of drug-likeness (QED) is 0.214. The average molecular weight is 601 g/mol. The highest BCUT2D eigenvalue weighted by molar-refractivity contribution is 7.25. The molecule has 0 amide bonds. The van der Waals surface area contributed by atoms with E-state index in [1.807, 2.05) is 6.21 Å². The van der Waals surface area contributed by atoms with Crippen LogP contribution in [0.15, 0.2) is 111 Å². The van der Waals surface area contributed by atoms with Gasteiger partial charge in [0.25, 0.3) is 0 Å². The summed E-state index contributed by atoms with van der Waals surface area (Å²) in [5.74, 6) is 0.763. The zero-order chi connectivity index (χ0) is 29.2. The maximum atomic E-state index is 6.45. The smallest absolute Gasteiger partial charge is 0.215 e. The first-order chi connectivity index (χ1) is 22.3. The molecule has 9 heteroatoms. The first-order valence-corrected chi connectivity index (χ1v) is 15.5. The first kappa shape index (κ1) is 23.5. The van der Waals surface area contributed by atoms with Crippen molar-refractivity contribution in [3.63, 3.8) is 0 Å². The van der Waals surface area contributed by atoms with Crippen LogP contribution in [0.2, 0.25) is 0 Å². The largest absolute Gasteiger partial charge is 0.436 e. The lowest BCUT2D eigenvalue weighted by Gasteiger charge is -2.08. The second-order valence-electron chi connectivity index (χ2n) is 11.4. The highest BCUT2D eigenvalue weighted by Crippen LogP contribution is 2.43. The van der Waals surface area contributed by atoms with Gasteiger partial charge in [0.15, 0.2) is 11.3 Å². The zero-order valence-corrected chi connectivity index (χ0v) is 24.3. The van der Waals surface area contributed by atoms with E-state index in [9.17, 15) is 0 Å². The number of para-hydroxylation sites is 2. The van der Waals surface area contributed by atoms with Crippen molar-refractivity contribution in [2.75, 3.05) is 12.0 Å². The van der Waals surface area contributed by atoms with Crippen LogP contribution in [0.3, 0.4) is 0 Å². The highest BCUT2D eigenvalue weighted by atomic mass is 32.1. The monoisotopic (exact) mass is 600 g/mol. The number of fused-ring (bicyclic) bond motifs is 13. The number of aromatic nitrogens is 4. The molecule has 1 N–H and O–H groups in total. The van der Waals surface area contributed by atoms with Crippen molar-refractivity contribution in [3.05, 3.63) is 103 Å². The lowest BCUT2D eigenvalue weighted by Crippen LogP contribution is -2.05. The third-order valence-corrected chi connectivity index (χ3v) is 10.1. The van der Waals surface area contributed by atoms with E-state index in [1.54, 1.807) is 23.9 Å². The molecule has 6 aromatic heterocycles. The van der Waals surface area contributed by atoms with Crippen molar-refractivity contribution in [1.29, 1.82) is 0 Å². The van der Waals surface area contributed by atoms with Crippen LogP contribution < -0.4 is 5.32 Å². The molecule has 0 radical (unpaired) electrons. The molecule has 1 aliphatic heterocycles. The molecule has 0 saturated carbocycles. The minimum atomic E-state index is 0.542. The van der Waals surface area contributed by atoms with Crippen LogP contribution in [0.1, 0.15) is 5.76 Å². The fraction of sp³-hybridized carbons (Fsp3) is 0.0278. The lowest BCUT2D eigenvalue weighted by molar-refractivity contribution is 0.588. The Hall–Kier alpha value is -5.93. The molecule has 0 fully saturated rings.